The molecule has 1 rings (SSSR count). The van der Waals surface area contributed by atoms with Gasteiger partial charge in [0.2, 0.25) is 5.88 Å². The summed E-state index contributed by atoms with van der Waals surface area (Å²) < 4.78 is 1.89. The monoisotopic (exact) mass is 182 g/mol. The van der Waals surface area contributed by atoms with Gasteiger partial charge in [-0.05, 0) is 27.2 Å². The zero-order chi connectivity index (χ0) is 10.1. The molecular formula is C10H18N2O. The van der Waals surface area contributed by atoms with Gasteiger partial charge in [-0.3, -0.25) is 4.68 Å². The van der Waals surface area contributed by atoms with Crippen molar-refractivity contribution in [2.75, 3.05) is 0 Å². The standard InChI is InChI=1S/C10H18N2O/c1-5-6-8-7-9(13)11-12(8)10(2,3)4/h7H,5-6H2,1-4H3,(H,11,13). The molecule has 0 saturated carbocycles. The Morgan fingerprint density at radius 3 is 2.54 bits per heavy atom. The van der Waals surface area contributed by atoms with Crippen molar-refractivity contribution in [2.45, 2.75) is 46.1 Å². The summed E-state index contributed by atoms with van der Waals surface area (Å²) >= 11 is 0. The Bertz CT molecular complexity index is 284. The van der Waals surface area contributed by atoms with E-state index >= 15 is 0 Å². The van der Waals surface area contributed by atoms with Gasteiger partial charge >= 0.3 is 0 Å². The fourth-order valence-corrected chi connectivity index (χ4v) is 1.42. The van der Waals surface area contributed by atoms with E-state index in [1.54, 1.807) is 6.07 Å². The maximum atomic E-state index is 9.29. The number of nitrogens with zero attached hydrogens (tertiary/aromatic N) is 2. The largest absolute Gasteiger partial charge is 0.492 e. The Morgan fingerprint density at radius 1 is 1.46 bits per heavy atom. The van der Waals surface area contributed by atoms with Crippen molar-refractivity contribution in [2.24, 2.45) is 0 Å². The van der Waals surface area contributed by atoms with E-state index in [1.165, 1.54) is 0 Å². The molecule has 0 aliphatic rings. The third-order valence-corrected chi connectivity index (χ3v) is 1.91. The summed E-state index contributed by atoms with van der Waals surface area (Å²) in [6.45, 7) is 8.37. The molecule has 0 spiro atoms. The second-order valence-corrected chi connectivity index (χ2v) is 4.33. The van der Waals surface area contributed by atoms with E-state index in [9.17, 15) is 5.11 Å². The van der Waals surface area contributed by atoms with Crippen molar-refractivity contribution in [3.63, 3.8) is 0 Å². The number of aryl methyl sites for hydroxylation is 1. The van der Waals surface area contributed by atoms with E-state index in [2.05, 4.69) is 32.8 Å². The highest BCUT2D eigenvalue weighted by molar-refractivity contribution is 5.15. The quantitative estimate of drug-likeness (QED) is 0.762. The maximum absolute atomic E-state index is 9.29. The summed E-state index contributed by atoms with van der Waals surface area (Å²) in [5.41, 5.74) is 1.05. The fourth-order valence-electron chi connectivity index (χ4n) is 1.42. The number of hydrogen-bond donors (Lipinski definition) is 1. The number of hydrogen-bond acceptors (Lipinski definition) is 2. The van der Waals surface area contributed by atoms with Crippen LogP contribution in [0.1, 0.15) is 39.8 Å². The van der Waals surface area contributed by atoms with Crippen molar-refractivity contribution < 1.29 is 5.11 Å². The van der Waals surface area contributed by atoms with E-state index in [0.717, 1.165) is 18.5 Å². The lowest BCUT2D eigenvalue weighted by Crippen LogP contribution is -2.25. The zero-order valence-corrected chi connectivity index (χ0v) is 8.83. The van der Waals surface area contributed by atoms with E-state index < -0.39 is 0 Å². The van der Waals surface area contributed by atoms with Crippen LogP contribution in [-0.4, -0.2) is 14.9 Å². The fraction of sp³-hybridized carbons (Fsp3) is 0.700. The summed E-state index contributed by atoms with van der Waals surface area (Å²) in [7, 11) is 0. The lowest BCUT2D eigenvalue weighted by Gasteiger charge is -2.21. The van der Waals surface area contributed by atoms with Gasteiger partial charge in [0.05, 0.1) is 5.54 Å². The van der Waals surface area contributed by atoms with Crippen LogP contribution in [0, 0.1) is 0 Å². The van der Waals surface area contributed by atoms with Gasteiger partial charge in [0.15, 0.2) is 0 Å². The molecule has 1 aromatic rings. The molecular weight excluding hydrogens is 164 g/mol. The van der Waals surface area contributed by atoms with Crippen LogP contribution in [0.4, 0.5) is 0 Å². The highest BCUT2D eigenvalue weighted by Crippen LogP contribution is 2.20. The maximum Gasteiger partial charge on any atom is 0.230 e. The average molecular weight is 182 g/mol. The molecule has 0 radical (unpaired) electrons. The van der Waals surface area contributed by atoms with Crippen LogP contribution < -0.4 is 0 Å². The third kappa shape index (κ3) is 2.23. The van der Waals surface area contributed by atoms with Crippen LogP contribution in [-0.2, 0) is 12.0 Å². The summed E-state index contributed by atoms with van der Waals surface area (Å²) in [4.78, 5) is 0. The minimum absolute atomic E-state index is 0.0501. The van der Waals surface area contributed by atoms with Crippen molar-refractivity contribution in [1.29, 1.82) is 0 Å². The van der Waals surface area contributed by atoms with Gasteiger partial charge in [0.1, 0.15) is 0 Å². The number of rotatable bonds is 2. The molecule has 0 amide bonds. The minimum atomic E-state index is -0.0501. The van der Waals surface area contributed by atoms with Crippen LogP contribution in [0.2, 0.25) is 0 Å². The molecule has 0 bridgehead atoms. The Kier molecular flexibility index (Phi) is 2.64. The third-order valence-electron chi connectivity index (χ3n) is 1.91. The molecule has 3 heteroatoms. The first-order chi connectivity index (χ1) is 5.95. The van der Waals surface area contributed by atoms with Gasteiger partial charge in [0, 0.05) is 11.8 Å². The van der Waals surface area contributed by atoms with Crippen LogP contribution in [0.15, 0.2) is 6.07 Å². The van der Waals surface area contributed by atoms with E-state index in [0.29, 0.717) is 0 Å². The Balaban J connectivity index is 3.04. The Hall–Kier alpha value is -0.990. The SMILES string of the molecule is CCCc1cc(O)nn1C(C)(C)C. The van der Waals surface area contributed by atoms with Crippen LogP contribution >= 0.6 is 0 Å². The molecule has 0 unspecified atom stereocenters. The highest BCUT2D eigenvalue weighted by Gasteiger charge is 2.18. The molecule has 1 aromatic heterocycles. The molecule has 1 N–H and O–H groups in total. The molecule has 0 fully saturated rings. The Morgan fingerprint density at radius 2 is 2.08 bits per heavy atom. The summed E-state index contributed by atoms with van der Waals surface area (Å²) in [6.07, 6.45) is 2.03. The average Bonchev–Trinajstić information content (AvgIpc) is 2.30. The second kappa shape index (κ2) is 3.40. The first-order valence-electron chi connectivity index (χ1n) is 4.73. The molecule has 3 nitrogen and oxygen atoms in total. The lowest BCUT2D eigenvalue weighted by molar-refractivity contribution is 0.328. The van der Waals surface area contributed by atoms with Crippen molar-refractivity contribution in [3.8, 4) is 5.88 Å². The Labute approximate surface area is 79.4 Å². The van der Waals surface area contributed by atoms with Crippen molar-refractivity contribution in [1.82, 2.24) is 9.78 Å². The van der Waals surface area contributed by atoms with Gasteiger partial charge in [0.25, 0.3) is 0 Å². The zero-order valence-electron chi connectivity index (χ0n) is 8.83. The van der Waals surface area contributed by atoms with Gasteiger partial charge < -0.3 is 5.11 Å². The summed E-state index contributed by atoms with van der Waals surface area (Å²) in [5.74, 6) is 0.123. The van der Waals surface area contributed by atoms with E-state index in [4.69, 9.17) is 0 Å². The summed E-state index contributed by atoms with van der Waals surface area (Å²) in [6, 6.07) is 1.74. The molecule has 0 aromatic carbocycles. The van der Waals surface area contributed by atoms with E-state index in [1.807, 2.05) is 4.68 Å². The second-order valence-electron chi connectivity index (χ2n) is 4.33. The van der Waals surface area contributed by atoms with E-state index in [-0.39, 0.29) is 11.4 Å². The molecule has 1 heterocycles. The molecule has 74 valence electrons. The van der Waals surface area contributed by atoms with Gasteiger partial charge in [-0.15, -0.1) is 5.10 Å². The molecule has 0 aliphatic heterocycles. The number of aromatic nitrogens is 2. The predicted octanol–water partition coefficient (Wildman–Crippen LogP) is 2.30. The predicted molar refractivity (Wildman–Crippen MR) is 52.9 cm³/mol. The molecule has 13 heavy (non-hydrogen) atoms. The summed E-state index contributed by atoms with van der Waals surface area (Å²) in [5, 5.41) is 13.4. The van der Waals surface area contributed by atoms with Gasteiger partial charge in [-0.25, -0.2) is 0 Å². The highest BCUT2D eigenvalue weighted by atomic mass is 16.3. The van der Waals surface area contributed by atoms with Crippen molar-refractivity contribution in [3.05, 3.63) is 11.8 Å². The molecule has 0 saturated heterocycles. The normalized spacial score (nSPS) is 12.0. The van der Waals surface area contributed by atoms with Crippen LogP contribution in [0.3, 0.4) is 0 Å². The molecule has 0 atom stereocenters. The lowest BCUT2D eigenvalue weighted by atomic mass is 10.1. The first-order valence-corrected chi connectivity index (χ1v) is 4.73. The number of aromatic hydroxyl groups is 1. The van der Waals surface area contributed by atoms with Gasteiger partial charge in [-0.1, -0.05) is 13.3 Å². The van der Waals surface area contributed by atoms with Crippen molar-refractivity contribution >= 4 is 0 Å². The smallest absolute Gasteiger partial charge is 0.230 e. The van der Waals surface area contributed by atoms with Crippen LogP contribution in [0.5, 0.6) is 5.88 Å². The minimum Gasteiger partial charge on any atom is -0.492 e. The molecule has 0 aliphatic carbocycles. The van der Waals surface area contributed by atoms with Crippen LogP contribution in [0.25, 0.3) is 0 Å². The topological polar surface area (TPSA) is 38.1 Å². The van der Waals surface area contributed by atoms with Gasteiger partial charge in [-0.2, -0.15) is 0 Å². The first kappa shape index (κ1) is 10.1.